The van der Waals surface area contributed by atoms with E-state index in [0.29, 0.717) is 31.1 Å². The molecular formula is C24H29BrN2O4. The number of fused-ring (bicyclic) bond motifs is 1. The minimum Gasteiger partial charge on any atom is -0.494 e. The molecule has 0 fully saturated rings. The Morgan fingerprint density at radius 1 is 1.03 bits per heavy atom. The van der Waals surface area contributed by atoms with E-state index in [1.165, 1.54) is 0 Å². The van der Waals surface area contributed by atoms with Crippen LogP contribution in [0.1, 0.15) is 43.0 Å². The Morgan fingerprint density at radius 3 is 2.58 bits per heavy atom. The molecule has 2 aliphatic rings. The Bertz CT molecular complexity index is 914. The van der Waals surface area contributed by atoms with Crippen molar-refractivity contribution in [3.63, 3.8) is 0 Å². The summed E-state index contributed by atoms with van der Waals surface area (Å²) in [5.74, 6) is 3.23. The van der Waals surface area contributed by atoms with E-state index in [1.54, 1.807) is 0 Å². The van der Waals surface area contributed by atoms with Crippen LogP contribution in [0.25, 0.3) is 0 Å². The molecule has 2 aromatic carbocycles. The van der Waals surface area contributed by atoms with Crippen LogP contribution in [0.5, 0.6) is 17.2 Å². The van der Waals surface area contributed by atoms with Gasteiger partial charge < -0.3 is 19.1 Å². The molecule has 0 saturated heterocycles. The topological polar surface area (TPSA) is 60.4 Å². The van der Waals surface area contributed by atoms with Gasteiger partial charge in [-0.15, -0.1) is 17.0 Å². The van der Waals surface area contributed by atoms with E-state index in [1.807, 2.05) is 54.3 Å². The molecule has 0 aliphatic carbocycles. The summed E-state index contributed by atoms with van der Waals surface area (Å²) in [5, 5.41) is 0. The molecule has 166 valence electrons. The fourth-order valence-electron chi connectivity index (χ4n) is 3.75. The minimum atomic E-state index is 0. The van der Waals surface area contributed by atoms with Crippen molar-refractivity contribution in [2.24, 2.45) is 4.99 Å². The molecule has 0 bridgehead atoms. The first-order valence-electron chi connectivity index (χ1n) is 10.7. The number of carbonyl (C=O) groups excluding carboxylic acids is 1. The summed E-state index contributed by atoms with van der Waals surface area (Å²) in [6, 6.07) is 13.2. The maximum Gasteiger partial charge on any atom is 0.182 e. The largest absolute Gasteiger partial charge is 0.494 e. The molecule has 7 heteroatoms. The van der Waals surface area contributed by atoms with Crippen LogP contribution >= 0.6 is 17.0 Å². The Morgan fingerprint density at radius 2 is 1.81 bits per heavy atom. The van der Waals surface area contributed by atoms with Gasteiger partial charge in [0.15, 0.2) is 17.3 Å². The average molecular weight is 489 g/mol. The van der Waals surface area contributed by atoms with Crippen molar-refractivity contribution in [1.29, 1.82) is 0 Å². The van der Waals surface area contributed by atoms with Crippen LogP contribution in [0.15, 0.2) is 47.5 Å². The third-order valence-electron chi connectivity index (χ3n) is 5.29. The van der Waals surface area contributed by atoms with Gasteiger partial charge in [-0.2, -0.15) is 0 Å². The van der Waals surface area contributed by atoms with Gasteiger partial charge in [0, 0.05) is 30.3 Å². The highest BCUT2D eigenvalue weighted by molar-refractivity contribution is 8.93. The SMILES string of the molecule is Br.CCOc1ccc(C(=O)CN(C2=NCCCCC2)c2ccc3c(c2)OCCO3)cc1. The van der Waals surface area contributed by atoms with E-state index < -0.39 is 0 Å². The van der Waals surface area contributed by atoms with E-state index in [4.69, 9.17) is 19.2 Å². The Balaban J connectivity index is 0.00000272. The fourth-order valence-corrected chi connectivity index (χ4v) is 3.75. The maximum absolute atomic E-state index is 13.1. The van der Waals surface area contributed by atoms with E-state index in [9.17, 15) is 4.79 Å². The maximum atomic E-state index is 13.1. The van der Waals surface area contributed by atoms with Gasteiger partial charge in [-0.25, -0.2) is 0 Å². The lowest BCUT2D eigenvalue weighted by Crippen LogP contribution is -2.36. The van der Waals surface area contributed by atoms with Gasteiger partial charge in [0.2, 0.25) is 0 Å². The van der Waals surface area contributed by atoms with Crippen molar-refractivity contribution in [3.05, 3.63) is 48.0 Å². The number of aliphatic imine (C=N–C) groups is 1. The summed E-state index contributed by atoms with van der Waals surface area (Å²) in [7, 11) is 0. The van der Waals surface area contributed by atoms with E-state index in [2.05, 4.69) is 0 Å². The molecule has 2 heterocycles. The van der Waals surface area contributed by atoms with Crippen LogP contribution in [0.3, 0.4) is 0 Å². The highest BCUT2D eigenvalue weighted by atomic mass is 79.9. The number of ketones is 1. The summed E-state index contributed by atoms with van der Waals surface area (Å²) in [5.41, 5.74) is 1.56. The number of hydrogen-bond donors (Lipinski definition) is 0. The number of amidine groups is 1. The Hall–Kier alpha value is -2.54. The van der Waals surface area contributed by atoms with Gasteiger partial charge in [-0.3, -0.25) is 9.79 Å². The molecule has 0 unspecified atom stereocenters. The zero-order valence-corrected chi connectivity index (χ0v) is 19.6. The monoisotopic (exact) mass is 488 g/mol. The lowest BCUT2D eigenvalue weighted by Gasteiger charge is -2.27. The normalized spacial score (nSPS) is 15.2. The fraction of sp³-hybridized carbons (Fsp3) is 0.417. The molecule has 0 amide bonds. The molecule has 0 atom stereocenters. The van der Waals surface area contributed by atoms with Crippen molar-refractivity contribution >= 4 is 34.3 Å². The predicted octanol–water partition coefficient (Wildman–Crippen LogP) is 5.10. The molecular weight excluding hydrogens is 460 g/mol. The van der Waals surface area contributed by atoms with Crippen LogP contribution < -0.4 is 19.1 Å². The number of rotatable bonds is 6. The number of Topliss-reactive ketones (excluding diaryl/α,β-unsaturated/α-hetero) is 1. The first-order chi connectivity index (χ1) is 14.7. The molecule has 0 aromatic heterocycles. The number of nitrogens with zero attached hydrogens (tertiary/aromatic N) is 2. The van der Waals surface area contributed by atoms with E-state index >= 15 is 0 Å². The molecule has 6 nitrogen and oxygen atoms in total. The lowest BCUT2D eigenvalue weighted by atomic mass is 10.1. The van der Waals surface area contributed by atoms with Gasteiger partial charge in [-0.1, -0.05) is 6.42 Å². The number of hydrogen-bond acceptors (Lipinski definition) is 6. The first-order valence-corrected chi connectivity index (χ1v) is 10.7. The Labute approximate surface area is 194 Å². The van der Waals surface area contributed by atoms with Crippen molar-refractivity contribution < 1.29 is 19.0 Å². The second kappa shape index (κ2) is 11.2. The predicted molar refractivity (Wildman–Crippen MR) is 128 cm³/mol. The molecule has 0 saturated carbocycles. The summed E-state index contributed by atoms with van der Waals surface area (Å²) in [4.78, 5) is 19.9. The zero-order valence-electron chi connectivity index (χ0n) is 17.8. The first kappa shape index (κ1) is 23.1. The second-order valence-corrected chi connectivity index (χ2v) is 7.40. The summed E-state index contributed by atoms with van der Waals surface area (Å²) < 4.78 is 16.9. The number of benzene rings is 2. The number of carbonyl (C=O) groups is 1. The van der Waals surface area contributed by atoms with Crippen molar-refractivity contribution in [2.45, 2.75) is 32.6 Å². The molecule has 2 aromatic rings. The number of anilines is 1. The summed E-state index contributed by atoms with van der Waals surface area (Å²) in [6.45, 7) is 4.66. The van der Waals surface area contributed by atoms with Gasteiger partial charge in [0.25, 0.3) is 0 Å². The average Bonchev–Trinajstić information content (AvgIpc) is 3.07. The van der Waals surface area contributed by atoms with Crippen molar-refractivity contribution in [3.8, 4) is 17.2 Å². The van der Waals surface area contributed by atoms with Crippen LogP contribution in [0.4, 0.5) is 5.69 Å². The number of halogens is 1. The van der Waals surface area contributed by atoms with Crippen LogP contribution in [-0.4, -0.2) is 44.5 Å². The molecule has 4 rings (SSSR count). The Kier molecular flexibility index (Phi) is 8.35. The van der Waals surface area contributed by atoms with Gasteiger partial charge in [-0.05, 0) is 56.2 Å². The van der Waals surface area contributed by atoms with Crippen molar-refractivity contribution in [2.75, 3.05) is 37.8 Å². The highest BCUT2D eigenvalue weighted by Crippen LogP contribution is 2.34. The highest BCUT2D eigenvalue weighted by Gasteiger charge is 2.22. The second-order valence-electron chi connectivity index (χ2n) is 7.40. The molecule has 0 N–H and O–H groups in total. The molecule has 2 aliphatic heterocycles. The standard InChI is InChI=1S/C24H28N2O4.BrH/c1-2-28-20-10-7-18(8-11-20)21(27)17-26(24-6-4-3-5-13-25-24)19-9-12-22-23(16-19)30-15-14-29-22;/h7-12,16H,2-6,13-15,17H2,1H3;1H. The number of ether oxygens (including phenoxy) is 3. The van der Waals surface area contributed by atoms with Crippen LogP contribution in [0.2, 0.25) is 0 Å². The quantitative estimate of drug-likeness (QED) is 0.529. The zero-order chi connectivity index (χ0) is 20.8. The summed E-state index contributed by atoms with van der Waals surface area (Å²) in [6.07, 6.45) is 4.20. The smallest absolute Gasteiger partial charge is 0.182 e. The van der Waals surface area contributed by atoms with Gasteiger partial charge in [0.1, 0.15) is 24.8 Å². The van der Waals surface area contributed by atoms with Crippen LogP contribution in [-0.2, 0) is 0 Å². The lowest BCUT2D eigenvalue weighted by molar-refractivity contribution is 0.100. The van der Waals surface area contributed by atoms with Gasteiger partial charge in [0.05, 0.1) is 13.2 Å². The molecule has 31 heavy (non-hydrogen) atoms. The van der Waals surface area contributed by atoms with Crippen molar-refractivity contribution in [1.82, 2.24) is 0 Å². The van der Waals surface area contributed by atoms with Crippen LogP contribution in [0, 0.1) is 0 Å². The van der Waals surface area contributed by atoms with E-state index in [0.717, 1.165) is 55.3 Å². The molecule has 0 spiro atoms. The van der Waals surface area contributed by atoms with E-state index in [-0.39, 0.29) is 29.3 Å². The van der Waals surface area contributed by atoms with Gasteiger partial charge >= 0.3 is 0 Å². The summed E-state index contributed by atoms with van der Waals surface area (Å²) >= 11 is 0. The molecule has 0 radical (unpaired) electrons. The third kappa shape index (κ3) is 5.79. The third-order valence-corrected chi connectivity index (χ3v) is 5.29. The minimum absolute atomic E-state index is 0.